The van der Waals surface area contributed by atoms with E-state index in [9.17, 15) is 14.0 Å². The van der Waals surface area contributed by atoms with Crippen LogP contribution in [0, 0.1) is 5.82 Å². The quantitative estimate of drug-likeness (QED) is 0.505. The number of carbonyl (C=O) groups excluding carboxylic acids is 1. The van der Waals surface area contributed by atoms with Crippen LogP contribution < -0.4 is 10.3 Å². The van der Waals surface area contributed by atoms with Crippen LogP contribution in [0.25, 0.3) is 5.69 Å². The number of nitrogens with zero attached hydrogens (tertiary/aromatic N) is 1. The Bertz CT molecular complexity index is 1020. The highest BCUT2D eigenvalue weighted by molar-refractivity contribution is 7.98. The van der Waals surface area contributed by atoms with E-state index in [0.717, 1.165) is 0 Å². The van der Waals surface area contributed by atoms with E-state index in [-0.39, 0.29) is 22.7 Å². The fourth-order valence-corrected chi connectivity index (χ4v) is 3.43. The standard InChI is InChI=1S/C20H16FNO3S/c1-25-17-12-13(8-10-16(17)21)19(24)15-9-11-18(23)22(20(15)26-2)14-6-4-3-5-7-14/h3-12H,1-2H3. The molecule has 4 nitrogen and oxygen atoms in total. The van der Waals surface area contributed by atoms with Gasteiger partial charge in [-0.25, -0.2) is 4.39 Å². The topological polar surface area (TPSA) is 48.3 Å². The van der Waals surface area contributed by atoms with Gasteiger partial charge in [0.05, 0.1) is 17.7 Å². The fourth-order valence-electron chi connectivity index (χ4n) is 2.67. The maximum Gasteiger partial charge on any atom is 0.255 e. The van der Waals surface area contributed by atoms with Gasteiger partial charge in [0.2, 0.25) is 0 Å². The number of ether oxygens (including phenoxy) is 1. The van der Waals surface area contributed by atoms with Crippen LogP contribution in [0.5, 0.6) is 5.75 Å². The van der Waals surface area contributed by atoms with Crippen molar-refractivity contribution in [3.8, 4) is 11.4 Å². The Hall–Kier alpha value is -2.86. The van der Waals surface area contributed by atoms with E-state index in [1.807, 2.05) is 18.2 Å². The molecule has 0 bridgehead atoms. The zero-order chi connectivity index (χ0) is 18.7. The predicted molar refractivity (Wildman–Crippen MR) is 100 cm³/mol. The van der Waals surface area contributed by atoms with Crippen molar-refractivity contribution < 1.29 is 13.9 Å². The van der Waals surface area contributed by atoms with E-state index < -0.39 is 5.82 Å². The van der Waals surface area contributed by atoms with Crippen molar-refractivity contribution in [3.05, 3.63) is 88.0 Å². The molecule has 1 heterocycles. The molecule has 0 amide bonds. The van der Waals surface area contributed by atoms with Gasteiger partial charge in [0.15, 0.2) is 17.3 Å². The van der Waals surface area contributed by atoms with E-state index in [1.165, 1.54) is 53.8 Å². The number of hydrogen-bond acceptors (Lipinski definition) is 4. The van der Waals surface area contributed by atoms with Gasteiger partial charge in [-0.3, -0.25) is 14.2 Å². The SMILES string of the molecule is COc1cc(C(=O)c2ccc(=O)n(-c3ccccc3)c2SC)ccc1F. The molecule has 6 heteroatoms. The summed E-state index contributed by atoms with van der Waals surface area (Å²) in [5.41, 5.74) is 1.10. The Balaban J connectivity index is 2.17. The van der Waals surface area contributed by atoms with E-state index in [4.69, 9.17) is 4.74 Å². The molecule has 3 aromatic rings. The Labute approximate surface area is 154 Å². The third-order valence-corrected chi connectivity index (χ3v) is 4.70. The van der Waals surface area contributed by atoms with Gasteiger partial charge in [-0.2, -0.15) is 0 Å². The number of methoxy groups -OCH3 is 1. The molecule has 26 heavy (non-hydrogen) atoms. The van der Waals surface area contributed by atoms with Gasteiger partial charge < -0.3 is 4.74 Å². The minimum atomic E-state index is -0.539. The maximum atomic E-state index is 13.6. The summed E-state index contributed by atoms with van der Waals surface area (Å²) in [6.45, 7) is 0. The molecular weight excluding hydrogens is 353 g/mol. The van der Waals surface area contributed by atoms with Gasteiger partial charge in [-0.1, -0.05) is 18.2 Å². The molecule has 0 aliphatic carbocycles. The van der Waals surface area contributed by atoms with E-state index in [1.54, 1.807) is 18.4 Å². The number of thioether (sulfide) groups is 1. The second kappa shape index (κ2) is 7.58. The number of hydrogen-bond donors (Lipinski definition) is 0. The van der Waals surface area contributed by atoms with Crippen LogP contribution in [0.3, 0.4) is 0 Å². The summed E-state index contributed by atoms with van der Waals surface area (Å²) in [6.07, 6.45) is 1.80. The van der Waals surface area contributed by atoms with E-state index >= 15 is 0 Å². The lowest BCUT2D eigenvalue weighted by atomic mass is 10.0. The molecule has 0 aliphatic rings. The third kappa shape index (κ3) is 3.28. The summed E-state index contributed by atoms with van der Waals surface area (Å²) in [5, 5.41) is 0.525. The Morgan fingerprint density at radius 1 is 1.08 bits per heavy atom. The van der Waals surface area contributed by atoms with Crippen molar-refractivity contribution in [2.75, 3.05) is 13.4 Å². The Morgan fingerprint density at radius 2 is 1.81 bits per heavy atom. The lowest BCUT2D eigenvalue weighted by Gasteiger charge is -2.15. The van der Waals surface area contributed by atoms with Crippen LogP contribution in [0.4, 0.5) is 4.39 Å². The number of ketones is 1. The predicted octanol–water partition coefficient (Wildman–Crippen LogP) is 3.94. The smallest absolute Gasteiger partial charge is 0.255 e. The summed E-state index contributed by atoms with van der Waals surface area (Å²) in [7, 11) is 1.34. The molecule has 0 radical (unpaired) electrons. The van der Waals surface area contributed by atoms with Gasteiger partial charge in [0.1, 0.15) is 0 Å². The first-order valence-corrected chi connectivity index (χ1v) is 9.03. The third-order valence-electron chi connectivity index (χ3n) is 3.91. The average Bonchev–Trinajstić information content (AvgIpc) is 2.68. The number of para-hydroxylation sites is 1. The molecule has 0 aliphatic heterocycles. The zero-order valence-electron chi connectivity index (χ0n) is 14.2. The molecule has 0 spiro atoms. The van der Waals surface area contributed by atoms with Gasteiger partial charge in [-0.05, 0) is 42.7 Å². The van der Waals surface area contributed by atoms with Gasteiger partial charge in [0, 0.05) is 17.3 Å². The molecule has 0 saturated heterocycles. The number of benzene rings is 2. The molecule has 0 atom stereocenters. The van der Waals surface area contributed by atoms with Crippen molar-refractivity contribution in [2.24, 2.45) is 0 Å². The minimum absolute atomic E-state index is 0.00191. The van der Waals surface area contributed by atoms with Crippen molar-refractivity contribution in [2.45, 2.75) is 5.03 Å². The maximum absolute atomic E-state index is 13.6. The highest BCUT2D eigenvalue weighted by atomic mass is 32.2. The number of pyridine rings is 1. The highest BCUT2D eigenvalue weighted by Gasteiger charge is 2.19. The van der Waals surface area contributed by atoms with Crippen LogP contribution >= 0.6 is 11.8 Å². The molecule has 0 fully saturated rings. The number of carbonyl (C=O) groups is 1. The summed E-state index contributed by atoms with van der Waals surface area (Å²) in [4.78, 5) is 25.4. The molecule has 0 saturated carbocycles. The fraction of sp³-hybridized carbons (Fsp3) is 0.100. The normalized spacial score (nSPS) is 10.6. The lowest BCUT2D eigenvalue weighted by Crippen LogP contribution is -2.22. The van der Waals surface area contributed by atoms with E-state index in [0.29, 0.717) is 16.3 Å². The van der Waals surface area contributed by atoms with Gasteiger partial charge >= 0.3 is 0 Å². The van der Waals surface area contributed by atoms with Crippen LogP contribution in [-0.4, -0.2) is 23.7 Å². The summed E-state index contributed by atoms with van der Waals surface area (Å²) in [6, 6.07) is 15.9. The molecule has 0 unspecified atom stereocenters. The van der Waals surface area contributed by atoms with Crippen LogP contribution in [0.15, 0.2) is 70.5 Å². The van der Waals surface area contributed by atoms with Gasteiger partial charge in [0.25, 0.3) is 5.56 Å². The van der Waals surface area contributed by atoms with E-state index in [2.05, 4.69) is 0 Å². The van der Waals surface area contributed by atoms with Crippen LogP contribution in [-0.2, 0) is 0 Å². The van der Waals surface area contributed by atoms with Crippen molar-refractivity contribution in [3.63, 3.8) is 0 Å². The molecular formula is C20H16FNO3S. The van der Waals surface area contributed by atoms with Crippen molar-refractivity contribution in [1.82, 2.24) is 4.57 Å². The minimum Gasteiger partial charge on any atom is -0.494 e. The zero-order valence-corrected chi connectivity index (χ0v) is 15.0. The lowest BCUT2D eigenvalue weighted by molar-refractivity contribution is 0.103. The number of aromatic nitrogens is 1. The largest absolute Gasteiger partial charge is 0.494 e. The first-order valence-electron chi connectivity index (χ1n) is 7.80. The second-order valence-corrected chi connectivity index (χ2v) is 6.24. The summed E-state index contributed by atoms with van der Waals surface area (Å²) >= 11 is 1.30. The first kappa shape index (κ1) is 17.9. The molecule has 1 aromatic heterocycles. The molecule has 132 valence electrons. The van der Waals surface area contributed by atoms with Crippen LogP contribution in [0.1, 0.15) is 15.9 Å². The molecule has 3 rings (SSSR count). The van der Waals surface area contributed by atoms with Crippen molar-refractivity contribution >= 4 is 17.5 Å². The summed E-state index contributed by atoms with van der Waals surface area (Å²) in [5.74, 6) is -0.848. The highest BCUT2D eigenvalue weighted by Crippen LogP contribution is 2.26. The van der Waals surface area contributed by atoms with Gasteiger partial charge in [-0.15, -0.1) is 11.8 Å². The Kier molecular flexibility index (Phi) is 5.23. The molecule has 2 aromatic carbocycles. The second-order valence-electron chi connectivity index (χ2n) is 5.44. The van der Waals surface area contributed by atoms with Crippen molar-refractivity contribution in [1.29, 1.82) is 0 Å². The summed E-state index contributed by atoms with van der Waals surface area (Å²) < 4.78 is 20.1. The number of rotatable bonds is 5. The molecule has 0 N–H and O–H groups in total. The average molecular weight is 369 g/mol. The Morgan fingerprint density at radius 3 is 2.46 bits per heavy atom. The first-order chi connectivity index (χ1) is 12.6. The van der Waals surface area contributed by atoms with Crippen LogP contribution in [0.2, 0.25) is 0 Å². The monoisotopic (exact) mass is 369 g/mol. The number of halogens is 1.